The molecule has 94 valence electrons. The van der Waals surface area contributed by atoms with Crippen LogP contribution in [0.25, 0.3) is 0 Å². The van der Waals surface area contributed by atoms with Gasteiger partial charge in [-0.1, -0.05) is 19.3 Å². The van der Waals surface area contributed by atoms with Gasteiger partial charge in [0.25, 0.3) is 0 Å². The van der Waals surface area contributed by atoms with Crippen LogP contribution in [0.15, 0.2) is 0 Å². The molecule has 0 saturated heterocycles. The molecule has 2 aliphatic rings. The molecule has 4 heteroatoms. The van der Waals surface area contributed by atoms with Crippen molar-refractivity contribution in [1.82, 2.24) is 5.32 Å². The molecular weight excluding hydrogens is 222 g/mol. The zero-order chi connectivity index (χ0) is 11.6. The van der Waals surface area contributed by atoms with E-state index in [1.807, 2.05) is 0 Å². The number of nitrogens with one attached hydrogen (secondary N) is 1. The average Bonchev–Trinajstić information content (AvgIpc) is 2.95. The number of rotatable bonds is 5. The SMILES string of the molecule is CS(=O)(=O)CC1(CNC2CCCCC2)CC1. The van der Waals surface area contributed by atoms with Crippen molar-refractivity contribution in [2.24, 2.45) is 5.41 Å². The van der Waals surface area contributed by atoms with Crippen LogP contribution in [0.1, 0.15) is 44.9 Å². The molecule has 0 aliphatic heterocycles. The molecule has 0 aromatic carbocycles. The zero-order valence-electron chi connectivity index (χ0n) is 10.2. The second-order valence-corrected chi connectivity index (χ2v) is 7.93. The van der Waals surface area contributed by atoms with E-state index in [0.717, 1.165) is 19.4 Å². The van der Waals surface area contributed by atoms with Crippen LogP contribution < -0.4 is 5.32 Å². The van der Waals surface area contributed by atoms with Crippen molar-refractivity contribution < 1.29 is 8.42 Å². The molecule has 0 aromatic rings. The van der Waals surface area contributed by atoms with Crippen LogP contribution in [0.3, 0.4) is 0 Å². The lowest BCUT2D eigenvalue weighted by atomic mass is 9.95. The highest BCUT2D eigenvalue weighted by Crippen LogP contribution is 2.46. The number of hydrogen-bond donors (Lipinski definition) is 1. The molecule has 0 bridgehead atoms. The van der Waals surface area contributed by atoms with E-state index in [-0.39, 0.29) is 5.41 Å². The Balaban J connectivity index is 1.76. The first-order chi connectivity index (χ1) is 7.49. The summed E-state index contributed by atoms with van der Waals surface area (Å²) in [6.45, 7) is 0.907. The highest BCUT2D eigenvalue weighted by atomic mass is 32.2. The van der Waals surface area contributed by atoms with Gasteiger partial charge in [0.05, 0.1) is 5.75 Å². The second-order valence-electron chi connectivity index (χ2n) is 5.79. The normalized spacial score (nSPS) is 25.6. The zero-order valence-corrected chi connectivity index (χ0v) is 11.0. The smallest absolute Gasteiger partial charge is 0.148 e. The third-order valence-electron chi connectivity index (χ3n) is 3.90. The highest BCUT2D eigenvalue weighted by molar-refractivity contribution is 7.90. The van der Waals surface area contributed by atoms with Gasteiger partial charge in [-0.15, -0.1) is 0 Å². The molecule has 0 unspecified atom stereocenters. The summed E-state index contributed by atoms with van der Waals surface area (Å²) in [5, 5.41) is 3.58. The maximum Gasteiger partial charge on any atom is 0.148 e. The van der Waals surface area contributed by atoms with Crippen LogP contribution in [0.4, 0.5) is 0 Å². The van der Waals surface area contributed by atoms with Crippen molar-refractivity contribution >= 4 is 9.84 Å². The summed E-state index contributed by atoms with van der Waals surface area (Å²) in [7, 11) is -2.81. The van der Waals surface area contributed by atoms with Crippen LogP contribution in [0.2, 0.25) is 0 Å². The summed E-state index contributed by atoms with van der Waals surface area (Å²) in [6, 6.07) is 0.644. The third kappa shape index (κ3) is 3.74. The van der Waals surface area contributed by atoms with Gasteiger partial charge >= 0.3 is 0 Å². The van der Waals surface area contributed by atoms with Crippen molar-refractivity contribution in [3.63, 3.8) is 0 Å². The third-order valence-corrected chi connectivity index (χ3v) is 5.03. The fourth-order valence-electron chi connectivity index (χ4n) is 2.77. The Kier molecular flexibility index (Phi) is 3.59. The van der Waals surface area contributed by atoms with Crippen molar-refractivity contribution in [3.05, 3.63) is 0 Å². The molecule has 0 spiro atoms. The van der Waals surface area contributed by atoms with E-state index >= 15 is 0 Å². The average molecular weight is 245 g/mol. The molecule has 2 aliphatic carbocycles. The first-order valence-corrected chi connectivity index (χ1v) is 8.46. The van der Waals surface area contributed by atoms with E-state index in [9.17, 15) is 8.42 Å². The van der Waals surface area contributed by atoms with Crippen molar-refractivity contribution in [1.29, 1.82) is 0 Å². The molecule has 0 amide bonds. The Morgan fingerprint density at radius 3 is 2.31 bits per heavy atom. The van der Waals surface area contributed by atoms with Crippen LogP contribution >= 0.6 is 0 Å². The Morgan fingerprint density at radius 1 is 1.19 bits per heavy atom. The van der Waals surface area contributed by atoms with Crippen LogP contribution in [0, 0.1) is 5.41 Å². The molecular formula is C12H23NO2S. The van der Waals surface area contributed by atoms with Gasteiger partial charge < -0.3 is 5.32 Å². The van der Waals surface area contributed by atoms with E-state index in [1.54, 1.807) is 0 Å². The second kappa shape index (κ2) is 4.65. The maximum atomic E-state index is 11.3. The summed E-state index contributed by atoms with van der Waals surface area (Å²) >= 11 is 0. The summed E-state index contributed by atoms with van der Waals surface area (Å²) in [5.41, 5.74) is 0.0883. The van der Waals surface area contributed by atoms with Crippen LogP contribution in [-0.2, 0) is 9.84 Å². The van der Waals surface area contributed by atoms with Gasteiger partial charge in [-0.25, -0.2) is 8.42 Å². The summed E-state index contributed by atoms with van der Waals surface area (Å²) in [5.74, 6) is 0.375. The Labute approximate surface area is 98.9 Å². The minimum atomic E-state index is -2.81. The van der Waals surface area contributed by atoms with E-state index in [1.165, 1.54) is 38.4 Å². The van der Waals surface area contributed by atoms with Crippen molar-refractivity contribution in [2.45, 2.75) is 51.0 Å². The molecule has 0 heterocycles. The fourth-order valence-corrected chi connectivity index (χ4v) is 4.28. The molecule has 0 radical (unpaired) electrons. The fraction of sp³-hybridized carbons (Fsp3) is 1.00. The van der Waals surface area contributed by atoms with Gasteiger partial charge in [-0.05, 0) is 31.1 Å². The van der Waals surface area contributed by atoms with Gasteiger partial charge in [0, 0.05) is 18.8 Å². The van der Waals surface area contributed by atoms with Gasteiger partial charge in [0.1, 0.15) is 9.84 Å². The van der Waals surface area contributed by atoms with E-state index < -0.39 is 9.84 Å². The van der Waals surface area contributed by atoms with Crippen molar-refractivity contribution in [2.75, 3.05) is 18.6 Å². The predicted octanol–water partition coefficient (Wildman–Crippen LogP) is 1.73. The summed E-state index contributed by atoms with van der Waals surface area (Å²) < 4.78 is 22.6. The summed E-state index contributed by atoms with van der Waals surface area (Å²) in [4.78, 5) is 0. The highest BCUT2D eigenvalue weighted by Gasteiger charge is 2.45. The molecule has 3 nitrogen and oxygen atoms in total. The Hall–Kier alpha value is -0.0900. The monoisotopic (exact) mass is 245 g/mol. The first kappa shape index (κ1) is 12.4. The molecule has 0 atom stereocenters. The first-order valence-electron chi connectivity index (χ1n) is 6.40. The molecule has 0 aromatic heterocycles. The van der Waals surface area contributed by atoms with Gasteiger partial charge in [0.2, 0.25) is 0 Å². The molecule has 2 saturated carbocycles. The quantitative estimate of drug-likeness (QED) is 0.802. The van der Waals surface area contributed by atoms with Crippen molar-refractivity contribution in [3.8, 4) is 0 Å². The Morgan fingerprint density at radius 2 is 1.81 bits per heavy atom. The van der Waals surface area contributed by atoms with Gasteiger partial charge in [0.15, 0.2) is 0 Å². The minimum absolute atomic E-state index is 0.0883. The standard InChI is InChI=1S/C12H23NO2S/c1-16(14,15)10-12(7-8-12)9-13-11-5-3-2-4-6-11/h11,13H,2-10H2,1H3. The lowest BCUT2D eigenvalue weighted by molar-refractivity contribution is 0.347. The largest absolute Gasteiger partial charge is 0.313 e. The Bertz CT molecular complexity index is 327. The topological polar surface area (TPSA) is 46.2 Å². The molecule has 16 heavy (non-hydrogen) atoms. The van der Waals surface area contributed by atoms with Crippen LogP contribution in [0.5, 0.6) is 0 Å². The van der Waals surface area contributed by atoms with Crippen LogP contribution in [-0.4, -0.2) is 33.0 Å². The molecule has 2 rings (SSSR count). The van der Waals surface area contributed by atoms with Gasteiger partial charge in [-0.2, -0.15) is 0 Å². The predicted molar refractivity (Wildman–Crippen MR) is 66.3 cm³/mol. The number of sulfone groups is 1. The molecule has 2 fully saturated rings. The van der Waals surface area contributed by atoms with E-state index in [0.29, 0.717) is 11.8 Å². The molecule has 1 N–H and O–H groups in total. The van der Waals surface area contributed by atoms with E-state index in [2.05, 4.69) is 5.32 Å². The maximum absolute atomic E-state index is 11.3. The lowest BCUT2D eigenvalue weighted by Gasteiger charge is -2.25. The van der Waals surface area contributed by atoms with E-state index in [4.69, 9.17) is 0 Å². The number of hydrogen-bond acceptors (Lipinski definition) is 3. The summed E-state index contributed by atoms with van der Waals surface area (Å²) in [6.07, 6.45) is 10.1. The minimum Gasteiger partial charge on any atom is -0.313 e. The van der Waals surface area contributed by atoms with Gasteiger partial charge in [-0.3, -0.25) is 0 Å². The lowest BCUT2D eigenvalue weighted by Crippen LogP contribution is -2.37.